The first kappa shape index (κ1) is 11.1. The van der Waals surface area contributed by atoms with E-state index in [0.29, 0.717) is 0 Å². The maximum atomic E-state index is 11.3. The number of allylic oxidation sites excluding steroid dienone is 1. The Labute approximate surface area is 85.7 Å². The number of hydrogen-bond acceptors (Lipinski definition) is 2. The number of nitrogens with zero attached hydrogens (tertiary/aromatic N) is 1. The summed E-state index contributed by atoms with van der Waals surface area (Å²) in [6, 6.07) is 0. The predicted octanol–water partition coefficient (Wildman–Crippen LogP) is 2.57. The SMILES string of the molecule is CN(C)C(=O)OC1/C=C\CCCCC1. The van der Waals surface area contributed by atoms with Crippen molar-refractivity contribution < 1.29 is 9.53 Å². The lowest BCUT2D eigenvalue weighted by molar-refractivity contribution is 0.0888. The lowest BCUT2D eigenvalue weighted by Crippen LogP contribution is -2.27. The van der Waals surface area contributed by atoms with Crippen molar-refractivity contribution in [2.45, 2.75) is 38.2 Å². The second kappa shape index (κ2) is 5.68. The number of carbonyl (C=O) groups is 1. The topological polar surface area (TPSA) is 29.5 Å². The zero-order valence-electron chi connectivity index (χ0n) is 9.03. The highest BCUT2D eigenvalue weighted by molar-refractivity contribution is 5.67. The van der Waals surface area contributed by atoms with Crippen LogP contribution in [-0.4, -0.2) is 31.2 Å². The van der Waals surface area contributed by atoms with Gasteiger partial charge in [-0.3, -0.25) is 0 Å². The van der Waals surface area contributed by atoms with Gasteiger partial charge in [0.2, 0.25) is 0 Å². The molecule has 0 aliphatic heterocycles. The summed E-state index contributed by atoms with van der Waals surface area (Å²) in [6.07, 6.45) is 9.56. The fourth-order valence-electron chi connectivity index (χ4n) is 1.46. The normalized spacial score (nSPS) is 24.6. The van der Waals surface area contributed by atoms with Crippen LogP contribution in [-0.2, 0) is 4.74 Å². The van der Waals surface area contributed by atoms with Gasteiger partial charge in [0.25, 0.3) is 0 Å². The Morgan fingerprint density at radius 3 is 2.86 bits per heavy atom. The summed E-state index contributed by atoms with van der Waals surface area (Å²) >= 11 is 0. The van der Waals surface area contributed by atoms with E-state index in [0.717, 1.165) is 19.3 Å². The van der Waals surface area contributed by atoms with E-state index in [1.54, 1.807) is 14.1 Å². The Balaban J connectivity index is 2.41. The monoisotopic (exact) mass is 197 g/mol. The van der Waals surface area contributed by atoms with E-state index < -0.39 is 0 Å². The quantitative estimate of drug-likeness (QED) is 0.605. The molecule has 80 valence electrons. The van der Waals surface area contributed by atoms with E-state index in [1.165, 1.54) is 17.7 Å². The minimum atomic E-state index is -0.250. The molecule has 1 aliphatic rings. The maximum Gasteiger partial charge on any atom is 0.409 e. The molecular formula is C11H19NO2. The number of rotatable bonds is 1. The Hall–Kier alpha value is -0.990. The molecule has 1 rings (SSSR count). The van der Waals surface area contributed by atoms with E-state index in [4.69, 9.17) is 4.74 Å². The minimum Gasteiger partial charge on any atom is -0.442 e. The molecule has 0 spiro atoms. The largest absolute Gasteiger partial charge is 0.442 e. The first-order chi connectivity index (χ1) is 6.70. The second-order valence-electron chi connectivity index (χ2n) is 3.88. The van der Waals surface area contributed by atoms with Crippen molar-refractivity contribution in [1.29, 1.82) is 0 Å². The van der Waals surface area contributed by atoms with Crippen LogP contribution in [0.2, 0.25) is 0 Å². The Morgan fingerprint density at radius 1 is 1.36 bits per heavy atom. The standard InChI is InChI=1S/C11H19NO2/c1-12(2)11(13)14-10-8-6-4-3-5-7-9-10/h6,8,10H,3-5,7,9H2,1-2H3/b8-6-. The lowest BCUT2D eigenvalue weighted by Gasteiger charge is -2.18. The molecule has 0 bridgehead atoms. The van der Waals surface area contributed by atoms with Gasteiger partial charge < -0.3 is 9.64 Å². The molecule has 0 aromatic rings. The summed E-state index contributed by atoms with van der Waals surface area (Å²) in [7, 11) is 3.41. The molecule has 14 heavy (non-hydrogen) atoms. The van der Waals surface area contributed by atoms with E-state index in [2.05, 4.69) is 6.08 Å². The number of amides is 1. The van der Waals surface area contributed by atoms with E-state index in [1.807, 2.05) is 6.08 Å². The van der Waals surface area contributed by atoms with Crippen LogP contribution in [0.5, 0.6) is 0 Å². The Bertz CT molecular complexity index is 211. The van der Waals surface area contributed by atoms with Crippen molar-refractivity contribution >= 4 is 6.09 Å². The summed E-state index contributed by atoms with van der Waals surface area (Å²) in [5.74, 6) is 0. The van der Waals surface area contributed by atoms with Gasteiger partial charge in [-0.15, -0.1) is 0 Å². The third-order valence-corrected chi connectivity index (χ3v) is 2.33. The van der Waals surface area contributed by atoms with Crippen LogP contribution in [0.3, 0.4) is 0 Å². The summed E-state index contributed by atoms with van der Waals surface area (Å²) in [4.78, 5) is 12.7. The molecule has 0 N–H and O–H groups in total. The summed E-state index contributed by atoms with van der Waals surface area (Å²) in [6.45, 7) is 0. The van der Waals surface area contributed by atoms with Crippen molar-refractivity contribution in [2.75, 3.05) is 14.1 Å². The number of carbonyl (C=O) groups excluding carboxylic acids is 1. The molecule has 3 heteroatoms. The van der Waals surface area contributed by atoms with Gasteiger partial charge in [-0.05, 0) is 31.8 Å². The van der Waals surface area contributed by atoms with Crippen LogP contribution in [0.1, 0.15) is 32.1 Å². The number of hydrogen-bond donors (Lipinski definition) is 0. The molecule has 3 nitrogen and oxygen atoms in total. The second-order valence-corrected chi connectivity index (χ2v) is 3.88. The molecule has 0 saturated carbocycles. The van der Waals surface area contributed by atoms with Crippen LogP contribution in [0.25, 0.3) is 0 Å². The maximum absolute atomic E-state index is 11.3. The van der Waals surface area contributed by atoms with Crippen LogP contribution in [0.15, 0.2) is 12.2 Å². The molecule has 1 atom stereocenters. The highest BCUT2D eigenvalue weighted by Crippen LogP contribution is 2.14. The van der Waals surface area contributed by atoms with Crippen molar-refractivity contribution in [3.05, 3.63) is 12.2 Å². The van der Waals surface area contributed by atoms with Crippen molar-refractivity contribution in [3.8, 4) is 0 Å². The van der Waals surface area contributed by atoms with Crippen LogP contribution in [0.4, 0.5) is 4.79 Å². The van der Waals surface area contributed by atoms with Crippen molar-refractivity contribution in [2.24, 2.45) is 0 Å². The van der Waals surface area contributed by atoms with Crippen LogP contribution < -0.4 is 0 Å². The third-order valence-electron chi connectivity index (χ3n) is 2.33. The molecule has 0 aromatic carbocycles. The summed E-state index contributed by atoms with van der Waals surface area (Å²) in [5.41, 5.74) is 0. The molecule has 0 fully saturated rings. The van der Waals surface area contributed by atoms with Gasteiger partial charge in [0.15, 0.2) is 0 Å². The third kappa shape index (κ3) is 3.81. The Kier molecular flexibility index (Phi) is 4.50. The molecular weight excluding hydrogens is 178 g/mol. The van der Waals surface area contributed by atoms with Gasteiger partial charge in [0.05, 0.1) is 0 Å². The Morgan fingerprint density at radius 2 is 2.14 bits per heavy atom. The van der Waals surface area contributed by atoms with Crippen molar-refractivity contribution in [3.63, 3.8) is 0 Å². The predicted molar refractivity (Wildman–Crippen MR) is 56.2 cm³/mol. The average molecular weight is 197 g/mol. The van der Waals surface area contributed by atoms with Gasteiger partial charge in [-0.1, -0.05) is 12.5 Å². The average Bonchev–Trinajstić information content (AvgIpc) is 2.08. The molecule has 1 aliphatic carbocycles. The number of ether oxygens (including phenoxy) is 1. The van der Waals surface area contributed by atoms with Gasteiger partial charge in [-0.2, -0.15) is 0 Å². The molecule has 0 aromatic heterocycles. The highest BCUT2D eigenvalue weighted by Gasteiger charge is 2.13. The van der Waals surface area contributed by atoms with Gasteiger partial charge in [-0.25, -0.2) is 4.79 Å². The zero-order chi connectivity index (χ0) is 10.4. The van der Waals surface area contributed by atoms with Crippen LogP contribution >= 0.6 is 0 Å². The van der Waals surface area contributed by atoms with Gasteiger partial charge >= 0.3 is 6.09 Å². The minimum absolute atomic E-state index is 0.0230. The molecule has 0 saturated heterocycles. The van der Waals surface area contributed by atoms with Gasteiger partial charge in [0.1, 0.15) is 6.10 Å². The summed E-state index contributed by atoms with van der Waals surface area (Å²) < 4.78 is 5.29. The first-order valence-electron chi connectivity index (χ1n) is 5.25. The smallest absolute Gasteiger partial charge is 0.409 e. The first-order valence-corrected chi connectivity index (χ1v) is 5.25. The fourth-order valence-corrected chi connectivity index (χ4v) is 1.46. The molecule has 1 amide bonds. The molecule has 1 unspecified atom stereocenters. The van der Waals surface area contributed by atoms with E-state index in [-0.39, 0.29) is 12.2 Å². The zero-order valence-corrected chi connectivity index (χ0v) is 9.03. The van der Waals surface area contributed by atoms with Crippen molar-refractivity contribution in [1.82, 2.24) is 4.90 Å². The van der Waals surface area contributed by atoms with Gasteiger partial charge in [0, 0.05) is 14.1 Å². The fraction of sp³-hybridized carbons (Fsp3) is 0.727. The lowest BCUT2D eigenvalue weighted by atomic mass is 10.0. The molecule has 0 radical (unpaired) electrons. The molecule has 0 heterocycles. The summed E-state index contributed by atoms with van der Waals surface area (Å²) in [5, 5.41) is 0. The van der Waals surface area contributed by atoms with E-state index >= 15 is 0 Å². The highest BCUT2D eigenvalue weighted by atomic mass is 16.6. The van der Waals surface area contributed by atoms with E-state index in [9.17, 15) is 4.79 Å². The van der Waals surface area contributed by atoms with Crippen LogP contribution in [0, 0.1) is 0 Å².